The molecule has 2 N–H and O–H groups in total. The topological polar surface area (TPSA) is 59.6 Å². The number of fused-ring (bicyclic) bond motifs is 1. The van der Waals surface area contributed by atoms with E-state index >= 15 is 0 Å². The van der Waals surface area contributed by atoms with Crippen LogP contribution in [0.2, 0.25) is 5.02 Å². The summed E-state index contributed by atoms with van der Waals surface area (Å²) >= 11 is 5.83. The third-order valence-electron chi connectivity index (χ3n) is 4.18. The third kappa shape index (κ3) is 5.58. The van der Waals surface area contributed by atoms with E-state index in [0.717, 1.165) is 23.3 Å². The molecule has 0 saturated heterocycles. The Labute approximate surface area is 170 Å². The Morgan fingerprint density at radius 3 is 2.75 bits per heavy atom. The first-order valence-corrected chi connectivity index (χ1v) is 9.46. The highest BCUT2D eigenvalue weighted by Gasteiger charge is 2.32. The standard InChI is InChI=1S/C22H23ClN2O3/c1-22(2)14-17-6-5-7-19(20(17)28-22)27-13-4-3-12-24-21(26)25-15-16-8-10-18(23)11-9-16/h5-11H,12-15H2,1-2H3,(H2,24,25,26). The van der Waals surface area contributed by atoms with Crippen LogP contribution in [0.5, 0.6) is 11.5 Å². The van der Waals surface area contributed by atoms with Crippen molar-refractivity contribution in [1.29, 1.82) is 0 Å². The van der Waals surface area contributed by atoms with Gasteiger partial charge < -0.3 is 20.1 Å². The van der Waals surface area contributed by atoms with Crippen LogP contribution >= 0.6 is 11.6 Å². The predicted molar refractivity (Wildman–Crippen MR) is 110 cm³/mol. The number of carbonyl (C=O) groups excluding carboxylic acids is 1. The Bertz CT molecular complexity index is 898. The molecular formula is C22H23ClN2O3. The summed E-state index contributed by atoms with van der Waals surface area (Å²) < 4.78 is 11.7. The van der Waals surface area contributed by atoms with Gasteiger partial charge in [0.2, 0.25) is 0 Å². The van der Waals surface area contributed by atoms with Crippen molar-refractivity contribution in [2.45, 2.75) is 32.4 Å². The molecular weight excluding hydrogens is 376 g/mol. The average Bonchev–Trinajstić information content (AvgIpc) is 2.98. The second kappa shape index (κ2) is 8.90. The van der Waals surface area contributed by atoms with Crippen molar-refractivity contribution < 1.29 is 14.3 Å². The van der Waals surface area contributed by atoms with Crippen molar-refractivity contribution in [3.63, 3.8) is 0 Å². The van der Waals surface area contributed by atoms with Gasteiger partial charge in [-0.05, 0) is 37.6 Å². The number of carbonyl (C=O) groups is 1. The molecule has 1 aliphatic heterocycles. The summed E-state index contributed by atoms with van der Waals surface area (Å²) in [7, 11) is 0. The lowest BCUT2D eigenvalue weighted by atomic mass is 10.0. The molecule has 0 spiro atoms. The van der Waals surface area contributed by atoms with Crippen LogP contribution in [0, 0.1) is 11.8 Å². The molecule has 0 bridgehead atoms. The van der Waals surface area contributed by atoms with Gasteiger partial charge in [-0.1, -0.05) is 47.7 Å². The smallest absolute Gasteiger partial charge is 0.315 e. The molecule has 146 valence electrons. The summed E-state index contributed by atoms with van der Waals surface area (Å²) in [6.07, 6.45) is 0.861. The number of hydrogen-bond acceptors (Lipinski definition) is 3. The van der Waals surface area contributed by atoms with Gasteiger partial charge in [-0.3, -0.25) is 0 Å². The van der Waals surface area contributed by atoms with Gasteiger partial charge in [0.1, 0.15) is 12.2 Å². The molecule has 0 atom stereocenters. The molecule has 3 rings (SSSR count). The van der Waals surface area contributed by atoms with Gasteiger partial charge in [-0.25, -0.2) is 4.79 Å². The summed E-state index contributed by atoms with van der Waals surface area (Å²) in [5.41, 5.74) is 1.91. The molecule has 1 aliphatic rings. The second-order valence-corrected chi connectivity index (χ2v) is 7.52. The number of benzene rings is 2. The molecule has 0 aromatic heterocycles. The van der Waals surface area contributed by atoms with E-state index in [9.17, 15) is 4.79 Å². The van der Waals surface area contributed by atoms with E-state index in [4.69, 9.17) is 21.1 Å². The minimum Gasteiger partial charge on any atom is -0.483 e. The van der Waals surface area contributed by atoms with Gasteiger partial charge in [0.15, 0.2) is 11.5 Å². The highest BCUT2D eigenvalue weighted by atomic mass is 35.5. The second-order valence-electron chi connectivity index (χ2n) is 7.09. The van der Waals surface area contributed by atoms with Crippen molar-refractivity contribution in [2.24, 2.45) is 0 Å². The van der Waals surface area contributed by atoms with Crippen LogP contribution < -0.4 is 20.1 Å². The van der Waals surface area contributed by atoms with Crippen molar-refractivity contribution in [1.82, 2.24) is 10.6 Å². The number of rotatable bonds is 5. The molecule has 2 aromatic rings. The van der Waals surface area contributed by atoms with Gasteiger partial charge in [0, 0.05) is 23.6 Å². The number of para-hydroxylation sites is 1. The van der Waals surface area contributed by atoms with Crippen LogP contribution in [-0.2, 0) is 13.0 Å². The molecule has 0 radical (unpaired) electrons. The van der Waals surface area contributed by atoms with Crippen molar-refractivity contribution >= 4 is 17.6 Å². The molecule has 1 heterocycles. The average molecular weight is 399 g/mol. The molecule has 5 nitrogen and oxygen atoms in total. The van der Waals surface area contributed by atoms with Crippen LogP contribution in [0.1, 0.15) is 25.0 Å². The largest absolute Gasteiger partial charge is 0.483 e. The first-order valence-electron chi connectivity index (χ1n) is 9.08. The lowest BCUT2D eigenvalue weighted by Crippen LogP contribution is -2.35. The quantitative estimate of drug-likeness (QED) is 0.750. The summed E-state index contributed by atoms with van der Waals surface area (Å²) in [5, 5.41) is 6.12. The van der Waals surface area contributed by atoms with E-state index in [2.05, 4.69) is 42.4 Å². The van der Waals surface area contributed by atoms with E-state index in [1.54, 1.807) is 12.1 Å². The Morgan fingerprint density at radius 1 is 1.18 bits per heavy atom. The minimum atomic E-state index is -0.276. The van der Waals surface area contributed by atoms with Gasteiger partial charge >= 0.3 is 6.03 Å². The summed E-state index contributed by atoms with van der Waals surface area (Å²) in [4.78, 5) is 11.8. The maximum Gasteiger partial charge on any atom is 0.315 e. The highest BCUT2D eigenvalue weighted by Crippen LogP contribution is 2.41. The number of ether oxygens (including phenoxy) is 2. The molecule has 28 heavy (non-hydrogen) atoms. The normalized spacial score (nSPS) is 13.5. The fourth-order valence-electron chi connectivity index (χ4n) is 2.90. The fraction of sp³-hybridized carbons (Fsp3) is 0.318. The van der Waals surface area contributed by atoms with E-state index in [-0.39, 0.29) is 24.8 Å². The number of amides is 2. The molecule has 0 unspecified atom stereocenters. The van der Waals surface area contributed by atoms with Crippen molar-refractivity contribution in [3.05, 3.63) is 58.6 Å². The highest BCUT2D eigenvalue weighted by molar-refractivity contribution is 6.30. The first kappa shape index (κ1) is 19.9. The predicted octanol–water partition coefficient (Wildman–Crippen LogP) is 3.94. The maximum atomic E-state index is 11.8. The lowest BCUT2D eigenvalue weighted by Gasteiger charge is -2.17. The van der Waals surface area contributed by atoms with Crippen LogP contribution in [0.3, 0.4) is 0 Å². The first-order chi connectivity index (χ1) is 13.4. The SMILES string of the molecule is CC1(C)Cc2cccc(OCC#CCNC(=O)NCc3ccc(Cl)cc3)c2O1. The van der Waals surface area contributed by atoms with E-state index in [0.29, 0.717) is 17.3 Å². The zero-order chi connectivity index (χ0) is 20.0. The van der Waals surface area contributed by atoms with E-state index < -0.39 is 0 Å². The lowest BCUT2D eigenvalue weighted by molar-refractivity contribution is 0.133. The van der Waals surface area contributed by atoms with Gasteiger partial charge in [0.25, 0.3) is 0 Å². The van der Waals surface area contributed by atoms with Crippen LogP contribution in [0.25, 0.3) is 0 Å². The zero-order valence-corrected chi connectivity index (χ0v) is 16.7. The van der Waals surface area contributed by atoms with Crippen molar-refractivity contribution in [2.75, 3.05) is 13.2 Å². The summed E-state index contributed by atoms with van der Waals surface area (Å²) in [5.74, 6) is 7.27. The Balaban J connectivity index is 1.38. The maximum absolute atomic E-state index is 11.8. The van der Waals surface area contributed by atoms with Gasteiger partial charge in [0.05, 0.1) is 6.54 Å². The molecule has 0 saturated carbocycles. The molecule has 2 aromatic carbocycles. The van der Waals surface area contributed by atoms with Gasteiger partial charge in [-0.2, -0.15) is 0 Å². The number of halogens is 1. The van der Waals surface area contributed by atoms with E-state index in [1.807, 2.05) is 24.3 Å². The Morgan fingerprint density at radius 2 is 1.96 bits per heavy atom. The molecule has 0 aliphatic carbocycles. The fourth-order valence-corrected chi connectivity index (χ4v) is 3.03. The number of hydrogen-bond donors (Lipinski definition) is 2. The van der Waals surface area contributed by atoms with Crippen LogP contribution in [-0.4, -0.2) is 24.8 Å². The van der Waals surface area contributed by atoms with E-state index in [1.165, 1.54) is 0 Å². The zero-order valence-electron chi connectivity index (χ0n) is 16.0. The number of nitrogens with one attached hydrogen (secondary N) is 2. The molecule has 6 heteroatoms. The monoisotopic (exact) mass is 398 g/mol. The molecule has 2 amide bonds. The van der Waals surface area contributed by atoms with Crippen LogP contribution in [0.15, 0.2) is 42.5 Å². The Hall–Kier alpha value is -2.84. The summed E-state index contributed by atoms with van der Waals surface area (Å²) in [6.45, 7) is 5.01. The molecule has 0 fully saturated rings. The third-order valence-corrected chi connectivity index (χ3v) is 4.44. The number of urea groups is 1. The summed E-state index contributed by atoms with van der Waals surface area (Å²) in [6, 6.07) is 12.9. The van der Waals surface area contributed by atoms with Crippen LogP contribution in [0.4, 0.5) is 4.79 Å². The minimum absolute atomic E-state index is 0.212. The van der Waals surface area contributed by atoms with Crippen molar-refractivity contribution in [3.8, 4) is 23.3 Å². The Kier molecular flexibility index (Phi) is 6.33. The van der Waals surface area contributed by atoms with Gasteiger partial charge in [-0.15, -0.1) is 0 Å².